The summed E-state index contributed by atoms with van der Waals surface area (Å²) >= 11 is 9.20. The third kappa shape index (κ3) is 4.87. The SMILES string of the molecule is CC(SCc1csc(-c2ccco2)n1)C(=O)NCc1ccccc1Cl. The molecule has 0 aliphatic heterocycles. The number of furan rings is 1. The predicted octanol–water partition coefficient (Wildman–Crippen LogP) is 4.99. The molecule has 3 rings (SSSR count). The first-order chi connectivity index (χ1) is 12.1. The molecule has 0 bridgehead atoms. The molecule has 0 radical (unpaired) electrons. The molecule has 2 heterocycles. The van der Waals surface area contributed by atoms with Crippen LogP contribution in [0.1, 0.15) is 18.2 Å². The predicted molar refractivity (Wildman–Crippen MR) is 104 cm³/mol. The lowest BCUT2D eigenvalue weighted by molar-refractivity contribution is -0.120. The van der Waals surface area contributed by atoms with Gasteiger partial charge < -0.3 is 9.73 Å². The summed E-state index contributed by atoms with van der Waals surface area (Å²) in [5.74, 6) is 1.44. The Morgan fingerprint density at radius 1 is 1.36 bits per heavy atom. The number of carbonyl (C=O) groups excluding carboxylic acids is 1. The average Bonchev–Trinajstić information content (AvgIpc) is 3.29. The second-order valence-electron chi connectivity index (χ2n) is 5.38. The molecular weight excluding hydrogens is 376 g/mol. The van der Waals surface area contributed by atoms with Crippen molar-refractivity contribution >= 4 is 40.6 Å². The van der Waals surface area contributed by atoms with Crippen molar-refractivity contribution in [2.75, 3.05) is 0 Å². The van der Waals surface area contributed by atoms with Gasteiger partial charge in [0.25, 0.3) is 0 Å². The topological polar surface area (TPSA) is 55.1 Å². The van der Waals surface area contributed by atoms with Crippen LogP contribution in [-0.2, 0) is 17.1 Å². The number of thioether (sulfide) groups is 1. The van der Waals surface area contributed by atoms with Crippen molar-refractivity contribution in [2.24, 2.45) is 0 Å². The van der Waals surface area contributed by atoms with Gasteiger partial charge in [-0.1, -0.05) is 29.8 Å². The van der Waals surface area contributed by atoms with E-state index in [0.29, 0.717) is 17.3 Å². The highest BCUT2D eigenvalue weighted by atomic mass is 35.5. The summed E-state index contributed by atoms with van der Waals surface area (Å²) in [5, 5.41) is 6.28. The van der Waals surface area contributed by atoms with E-state index in [1.807, 2.05) is 48.7 Å². The normalized spacial score (nSPS) is 12.1. The Morgan fingerprint density at radius 2 is 2.20 bits per heavy atom. The number of hydrogen-bond donors (Lipinski definition) is 1. The van der Waals surface area contributed by atoms with Crippen molar-refractivity contribution in [3.63, 3.8) is 0 Å². The molecule has 7 heteroatoms. The van der Waals surface area contributed by atoms with Crippen LogP contribution in [0.3, 0.4) is 0 Å². The van der Waals surface area contributed by atoms with E-state index in [1.165, 1.54) is 0 Å². The fourth-order valence-electron chi connectivity index (χ4n) is 2.14. The van der Waals surface area contributed by atoms with Crippen LogP contribution < -0.4 is 5.32 Å². The number of carbonyl (C=O) groups is 1. The van der Waals surface area contributed by atoms with Gasteiger partial charge in [0.15, 0.2) is 10.8 Å². The van der Waals surface area contributed by atoms with Crippen molar-refractivity contribution in [3.8, 4) is 10.8 Å². The van der Waals surface area contributed by atoms with Gasteiger partial charge in [-0.15, -0.1) is 23.1 Å². The number of aromatic nitrogens is 1. The number of benzene rings is 1. The zero-order valence-corrected chi connectivity index (χ0v) is 16.0. The highest BCUT2D eigenvalue weighted by Gasteiger charge is 2.15. The van der Waals surface area contributed by atoms with Gasteiger partial charge >= 0.3 is 0 Å². The molecule has 130 valence electrons. The number of amides is 1. The monoisotopic (exact) mass is 392 g/mol. The first-order valence-electron chi connectivity index (χ1n) is 7.74. The van der Waals surface area contributed by atoms with Crippen molar-refractivity contribution in [1.29, 1.82) is 0 Å². The second-order valence-corrected chi connectivity index (χ2v) is 7.98. The first-order valence-corrected chi connectivity index (χ1v) is 10.0. The number of halogens is 1. The Bertz CT molecular complexity index is 833. The summed E-state index contributed by atoms with van der Waals surface area (Å²) in [6, 6.07) is 11.2. The summed E-state index contributed by atoms with van der Waals surface area (Å²) in [6.07, 6.45) is 1.64. The smallest absolute Gasteiger partial charge is 0.233 e. The second kappa shape index (κ2) is 8.56. The Morgan fingerprint density at radius 3 is 2.96 bits per heavy atom. The molecular formula is C18H17ClN2O2S2. The summed E-state index contributed by atoms with van der Waals surface area (Å²) in [6.45, 7) is 2.33. The molecule has 25 heavy (non-hydrogen) atoms. The third-order valence-electron chi connectivity index (χ3n) is 3.55. The Kier molecular flexibility index (Phi) is 6.18. The maximum absolute atomic E-state index is 12.2. The minimum absolute atomic E-state index is 0.00796. The van der Waals surface area contributed by atoms with Gasteiger partial charge in [-0.05, 0) is 30.7 Å². The number of nitrogens with one attached hydrogen (secondary N) is 1. The van der Waals surface area contributed by atoms with E-state index < -0.39 is 0 Å². The molecule has 3 aromatic rings. The van der Waals surface area contributed by atoms with Crippen molar-refractivity contribution in [1.82, 2.24) is 10.3 Å². The highest BCUT2D eigenvalue weighted by molar-refractivity contribution is 7.99. The zero-order valence-electron chi connectivity index (χ0n) is 13.6. The lowest BCUT2D eigenvalue weighted by atomic mass is 10.2. The molecule has 0 saturated heterocycles. The molecule has 2 aromatic heterocycles. The average molecular weight is 393 g/mol. The van der Waals surface area contributed by atoms with E-state index in [0.717, 1.165) is 22.0 Å². The lowest BCUT2D eigenvalue weighted by Crippen LogP contribution is -2.30. The summed E-state index contributed by atoms with van der Waals surface area (Å²) in [7, 11) is 0. The minimum atomic E-state index is -0.170. The fraction of sp³-hybridized carbons (Fsp3) is 0.222. The van der Waals surface area contributed by atoms with Crippen LogP contribution >= 0.6 is 34.7 Å². The van der Waals surface area contributed by atoms with E-state index in [1.54, 1.807) is 29.4 Å². The molecule has 1 amide bonds. The summed E-state index contributed by atoms with van der Waals surface area (Å²) < 4.78 is 5.35. The van der Waals surface area contributed by atoms with Gasteiger partial charge in [0, 0.05) is 22.7 Å². The van der Waals surface area contributed by atoms with E-state index in [-0.39, 0.29) is 11.2 Å². The number of thiazole rings is 1. The van der Waals surface area contributed by atoms with Crippen LogP contribution in [0.5, 0.6) is 0 Å². The Labute approximate surface area is 159 Å². The maximum atomic E-state index is 12.2. The highest BCUT2D eigenvalue weighted by Crippen LogP contribution is 2.26. The van der Waals surface area contributed by atoms with Gasteiger partial charge in [0.1, 0.15) is 0 Å². The quantitative estimate of drug-likeness (QED) is 0.615. The van der Waals surface area contributed by atoms with Gasteiger partial charge in [-0.3, -0.25) is 4.79 Å². The van der Waals surface area contributed by atoms with Crippen LogP contribution in [0.4, 0.5) is 0 Å². The van der Waals surface area contributed by atoms with Crippen LogP contribution in [-0.4, -0.2) is 16.1 Å². The molecule has 0 spiro atoms. The van der Waals surface area contributed by atoms with Gasteiger partial charge in [0.2, 0.25) is 5.91 Å². The zero-order chi connectivity index (χ0) is 17.6. The Balaban J connectivity index is 1.48. The number of hydrogen-bond acceptors (Lipinski definition) is 5. The van der Waals surface area contributed by atoms with Crippen molar-refractivity contribution < 1.29 is 9.21 Å². The van der Waals surface area contributed by atoms with Gasteiger partial charge in [-0.2, -0.15) is 0 Å². The third-order valence-corrected chi connectivity index (χ3v) is 6.00. The van der Waals surface area contributed by atoms with Crippen LogP contribution in [0, 0.1) is 0 Å². The number of nitrogens with zero attached hydrogens (tertiary/aromatic N) is 1. The van der Waals surface area contributed by atoms with E-state index in [4.69, 9.17) is 16.0 Å². The molecule has 0 fully saturated rings. The fourth-order valence-corrected chi connectivity index (χ4v) is 4.04. The van der Waals surface area contributed by atoms with Gasteiger partial charge in [0.05, 0.1) is 17.2 Å². The van der Waals surface area contributed by atoms with E-state index in [2.05, 4.69) is 10.3 Å². The molecule has 1 atom stereocenters. The maximum Gasteiger partial charge on any atom is 0.233 e. The van der Waals surface area contributed by atoms with E-state index >= 15 is 0 Å². The molecule has 1 aromatic carbocycles. The molecule has 0 aliphatic carbocycles. The molecule has 0 saturated carbocycles. The molecule has 1 unspecified atom stereocenters. The molecule has 1 N–H and O–H groups in total. The largest absolute Gasteiger partial charge is 0.462 e. The summed E-state index contributed by atoms with van der Waals surface area (Å²) in [4.78, 5) is 16.8. The minimum Gasteiger partial charge on any atom is -0.462 e. The summed E-state index contributed by atoms with van der Waals surface area (Å²) in [5.41, 5.74) is 1.87. The first kappa shape index (κ1) is 18.0. The standard InChI is InChI=1S/C18H17ClN2O2S2/c1-12(17(22)20-9-13-5-2-3-6-15(13)19)24-10-14-11-25-18(21-14)16-7-4-8-23-16/h2-8,11-12H,9-10H2,1H3,(H,20,22). The molecule has 4 nitrogen and oxygen atoms in total. The Hall–Kier alpha value is -1.76. The number of rotatable bonds is 7. The van der Waals surface area contributed by atoms with Crippen molar-refractivity contribution in [2.45, 2.75) is 24.5 Å². The van der Waals surface area contributed by atoms with Crippen LogP contribution in [0.25, 0.3) is 10.8 Å². The van der Waals surface area contributed by atoms with Gasteiger partial charge in [-0.25, -0.2) is 4.98 Å². The lowest BCUT2D eigenvalue weighted by Gasteiger charge is -2.12. The van der Waals surface area contributed by atoms with E-state index in [9.17, 15) is 4.79 Å². The van der Waals surface area contributed by atoms with Crippen LogP contribution in [0.2, 0.25) is 5.02 Å². The van der Waals surface area contributed by atoms with Crippen molar-refractivity contribution in [3.05, 3.63) is 64.3 Å². The van der Waals surface area contributed by atoms with Crippen LogP contribution in [0.15, 0.2) is 52.5 Å². The molecule has 0 aliphatic rings.